The molecule has 0 unspecified atom stereocenters. The highest BCUT2D eigenvalue weighted by Crippen LogP contribution is 2.31. The average Bonchev–Trinajstić information content (AvgIpc) is 2.47. The molecule has 0 radical (unpaired) electrons. The first kappa shape index (κ1) is 15.0. The summed E-state index contributed by atoms with van der Waals surface area (Å²) in [5, 5.41) is 20.1. The van der Waals surface area contributed by atoms with Crippen molar-refractivity contribution in [3.05, 3.63) is 70.5 Å². The normalized spacial score (nSPS) is 11.6. The summed E-state index contributed by atoms with van der Waals surface area (Å²) in [5.74, 6) is -0.395. The van der Waals surface area contributed by atoms with E-state index in [-0.39, 0.29) is 13.2 Å². The van der Waals surface area contributed by atoms with Crippen LogP contribution in [0, 0.1) is 5.82 Å². The maximum absolute atomic E-state index is 13.4. The molecule has 0 fully saturated rings. The van der Waals surface area contributed by atoms with E-state index in [0.29, 0.717) is 17.0 Å². The van der Waals surface area contributed by atoms with Crippen LogP contribution in [-0.2, 0) is 11.8 Å². The molecule has 2 rings (SSSR count). The molecular weight excluding hydrogens is 279 g/mol. The Morgan fingerprint density at radius 1 is 1.00 bits per heavy atom. The third-order valence-corrected chi connectivity index (χ3v) is 3.90. The van der Waals surface area contributed by atoms with E-state index in [9.17, 15) is 14.6 Å². The Morgan fingerprint density at radius 2 is 1.70 bits per heavy atom. The number of aliphatic hydroxyl groups is 2. The highest BCUT2D eigenvalue weighted by Gasteiger charge is 2.32. The number of aliphatic hydroxyl groups excluding tert-OH is 2. The highest BCUT2D eigenvalue weighted by molar-refractivity contribution is 6.31. The van der Waals surface area contributed by atoms with Gasteiger partial charge in [0.15, 0.2) is 0 Å². The second kappa shape index (κ2) is 6.35. The first-order chi connectivity index (χ1) is 9.61. The smallest absolute Gasteiger partial charge is 0.123 e. The fourth-order valence-corrected chi connectivity index (χ4v) is 2.47. The molecule has 0 aliphatic rings. The van der Waals surface area contributed by atoms with Crippen molar-refractivity contribution >= 4 is 11.6 Å². The topological polar surface area (TPSA) is 40.5 Å². The molecule has 0 spiro atoms. The first-order valence-electron chi connectivity index (χ1n) is 6.32. The monoisotopic (exact) mass is 294 g/mol. The molecule has 0 aliphatic heterocycles. The minimum atomic E-state index is -0.951. The van der Waals surface area contributed by atoms with Gasteiger partial charge in [0.25, 0.3) is 0 Å². The third-order valence-electron chi connectivity index (χ3n) is 3.53. The molecule has 2 nitrogen and oxygen atoms in total. The van der Waals surface area contributed by atoms with Crippen molar-refractivity contribution in [1.82, 2.24) is 0 Å². The lowest BCUT2D eigenvalue weighted by atomic mass is 9.77. The molecule has 0 amide bonds. The molecule has 2 N–H and O–H groups in total. The first-order valence-corrected chi connectivity index (χ1v) is 6.70. The predicted molar refractivity (Wildman–Crippen MR) is 77.4 cm³/mol. The summed E-state index contributed by atoms with van der Waals surface area (Å²) in [7, 11) is 0. The van der Waals surface area contributed by atoms with Gasteiger partial charge in [-0.15, -0.1) is 0 Å². The minimum Gasteiger partial charge on any atom is -0.395 e. The molecule has 4 heteroatoms. The minimum absolute atomic E-state index is 0.293. The van der Waals surface area contributed by atoms with E-state index in [4.69, 9.17) is 11.6 Å². The van der Waals surface area contributed by atoms with Crippen LogP contribution in [0.25, 0.3) is 0 Å². The van der Waals surface area contributed by atoms with Gasteiger partial charge in [0.05, 0.1) is 13.2 Å². The molecule has 20 heavy (non-hydrogen) atoms. The molecule has 0 heterocycles. The van der Waals surface area contributed by atoms with Crippen molar-refractivity contribution < 1.29 is 14.6 Å². The predicted octanol–water partition coefficient (Wildman–Crippen LogP) is 2.94. The van der Waals surface area contributed by atoms with Gasteiger partial charge in [0.2, 0.25) is 0 Å². The molecule has 0 saturated heterocycles. The van der Waals surface area contributed by atoms with Crippen LogP contribution < -0.4 is 0 Å². The lowest BCUT2D eigenvalue weighted by Gasteiger charge is -2.31. The van der Waals surface area contributed by atoms with Crippen molar-refractivity contribution in [2.75, 3.05) is 13.2 Å². The molecule has 2 aromatic carbocycles. The van der Waals surface area contributed by atoms with Crippen LogP contribution in [0.15, 0.2) is 48.5 Å². The van der Waals surface area contributed by atoms with E-state index >= 15 is 0 Å². The quantitative estimate of drug-likeness (QED) is 0.890. The van der Waals surface area contributed by atoms with Gasteiger partial charge in [0, 0.05) is 10.4 Å². The van der Waals surface area contributed by atoms with Gasteiger partial charge in [-0.05, 0) is 35.7 Å². The molecule has 0 aromatic heterocycles. The highest BCUT2D eigenvalue weighted by atomic mass is 35.5. The molecule has 106 valence electrons. The Morgan fingerprint density at radius 3 is 2.30 bits per heavy atom. The summed E-state index contributed by atoms with van der Waals surface area (Å²) < 4.78 is 13.4. The van der Waals surface area contributed by atoms with Crippen molar-refractivity contribution in [1.29, 1.82) is 0 Å². The van der Waals surface area contributed by atoms with Crippen LogP contribution in [0.4, 0.5) is 4.39 Å². The van der Waals surface area contributed by atoms with Gasteiger partial charge in [0.1, 0.15) is 5.82 Å². The van der Waals surface area contributed by atoms with Crippen molar-refractivity contribution in [3.63, 3.8) is 0 Å². The Labute approximate surface area is 122 Å². The zero-order valence-electron chi connectivity index (χ0n) is 10.9. The number of hydrogen-bond acceptors (Lipinski definition) is 2. The summed E-state index contributed by atoms with van der Waals surface area (Å²) in [6, 6.07) is 13.2. The Bertz CT molecular complexity index is 582. The van der Waals surface area contributed by atoms with Crippen molar-refractivity contribution in [2.24, 2.45) is 0 Å². The fourth-order valence-electron chi connectivity index (χ4n) is 2.27. The van der Waals surface area contributed by atoms with Crippen LogP contribution in [0.2, 0.25) is 5.02 Å². The zero-order chi connectivity index (χ0) is 14.6. The molecule has 2 aromatic rings. The van der Waals surface area contributed by atoms with Crippen LogP contribution in [0.5, 0.6) is 0 Å². The maximum Gasteiger partial charge on any atom is 0.123 e. The summed E-state index contributed by atoms with van der Waals surface area (Å²) in [4.78, 5) is 0. The third kappa shape index (κ3) is 3.01. The van der Waals surface area contributed by atoms with Crippen molar-refractivity contribution in [2.45, 2.75) is 11.8 Å². The van der Waals surface area contributed by atoms with Gasteiger partial charge in [-0.2, -0.15) is 0 Å². The van der Waals surface area contributed by atoms with E-state index in [0.717, 1.165) is 5.56 Å². The van der Waals surface area contributed by atoms with Crippen LogP contribution in [-0.4, -0.2) is 23.4 Å². The second-order valence-electron chi connectivity index (χ2n) is 4.88. The molecule has 0 saturated carbocycles. The number of rotatable bonds is 5. The summed E-state index contributed by atoms with van der Waals surface area (Å²) in [6.07, 6.45) is 0.336. The average molecular weight is 295 g/mol. The molecular formula is C16H16ClFO2. The maximum atomic E-state index is 13.4. The lowest BCUT2D eigenvalue weighted by Crippen LogP contribution is -2.37. The van der Waals surface area contributed by atoms with Gasteiger partial charge in [-0.3, -0.25) is 0 Å². The Hall–Kier alpha value is -1.42. The number of halogens is 2. The fraction of sp³-hybridized carbons (Fsp3) is 0.250. The van der Waals surface area contributed by atoms with Crippen molar-refractivity contribution in [3.8, 4) is 0 Å². The Kier molecular flexibility index (Phi) is 4.76. The van der Waals surface area contributed by atoms with Gasteiger partial charge < -0.3 is 10.2 Å². The molecule has 0 atom stereocenters. The van der Waals surface area contributed by atoms with Crippen LogP contribution >= 0.6 is 11.6 Å². The van der Waals surface area contributed by atoms with E-state index in [2.05, 4.69) is 0 Å². The zero-order valence-corrected chi connectivity index (χ0v) is 11.6. The molecule has 0 aliphatic carbocycles. The van der Waals surface area contributed by atoms with E-state index in [1.54, 1.807) is 18.2 Å². The number of benzene rings is 2. The van der Waals surface area contributed by atoms with E-state index < -0.39 is 11.2 Å². The van der Waals surface area contributed by atoms with Crippen LogP contribution in [0.3, 0.4) is 0 Å². The van der Waals surface area contributed by atoms with Gasteiger partial charge in [-0.1, -0.05) is 41.9 Å². The largest absolute Gasteiger partial charge is 0.395 e. The van der Waals surface area contributed by atoms with Gasteiger partial charge in [-0.25, -0.2) is 4.39 Å². The van der Waals surface area contributed by atoms with E-state index in [1.165, 1.54) is 12.1 Å². The Balaban J connectivity index is 2.42. The second-order valence-corrected chi connectivity index (χ2v) is 5.28. The number of hydrogen-bond donors (Lipinski definition) is 2. The SMILES string of the molecule is OCC(CO)(Cc1ccccc1Cl)c1cccc(F)c1. The van der Waals surface area contributed by atoms with Crippen LogP contribution in [0.1, 0.15) is 11.1 Å². The summed E-state index contributed by atoms with van der Waals surface area (Å²) in [6.45, 7) is -0.587. The summed E-state index contributed by atoms with van der Waals surface area (Å²) in [5.41, 5.74) is 0.413. The molecule has 0 bridgehead atoms. The van der Waals surface area contributed by atoms with Gasteiger partial charge >= 0.3 is 0 Å². The standard InChI is InChI=1S/C16H16ClFO2/c17-15-7-2-1-4-12(15)9-16(10-19,11-20)13-5-3-6-14(18)8-13/h1-8,19-20H,9-11H2. The van der Waals surface area contributed by atoms with E-state index in [1.807, 2.05) is 18.2 Å². The summed E-state index contributed by atoms with van der Waals surface area (Å²) >= 11 is 6.13. The lowest BCUT2D eigenvalue weighted by molar-refractivity contribution is 0.116.